The molecule has 1 aromatic carbocycles. The van der Waals surface area contributed by atoms with Crippen LogP contribution in [0.1, 0.15) is 23.9 Å². The number of benzene rings is 1. The van der Waals surface area contributed by atoms with Crippen molar-refractivity contribution >= 4 is 38.8 Å². The third-order valence-electron chi connectivity index (χ3n) is 4.99. The van der Waals surface area contributed by atoms with Gasteiger partial charge >= 0.3 is 0 Å². The summed E-state index contributed by atoms with van der Waals surface area (Å²) in [5, 5.41) is 4.42. The summed E-state index contributed by atoms with van der Waals surface area (Å²) in [5.41, 5.74) is 8.64. The highest BCUT2D eigenvalue weighted by molar-refractivity contribution is 7.18. The molecule has 0 aliphatic carbocycles. The highest BCUT2D eigenvalue weighted by Crippen LogP contribution is 2.27. The quantitative estimate of drug-likeness (QED) is 0.463. The standard InChI is InChI=1S/C20H23N5O2S/c1-11-6-8-27-10-16(11)25-15-5-7-22-20(26)18(15)19(21)24-13-3-4-14-17(9-13)28-12(2)23-14/h3-5,7,9,11,16H,6,8,10H2,1-2H3,(H2,21,24)(H2,22,25,26)/t11-,16?/m0/s1. The molecule has 0 amide bonds. The third-order valence-corrected chi connectivity index (χ3v) is 5.92. The molecule has 1 fully saturated rings. The zero-order valence-corrected chi connectivity index (χ0v) is 16.7. The van der Waals surface area contributed by atoms with Crippen molar-refractivity contribution in [2.75, 3.05) is 18.5 Å². The number of rotatable bonds is 4. The first-order valence-corrected chi connectivity index (χ1v) is 10.1. The first-order valence-electron chi connectivity index (χ1n) is 9.29. The number of fused-ring (bicyclic) bond motifs is 1. The van der Waals surface area contributed by atoms with Crippen LogP contribution < -0.4 is 16.6 Å². The van der Waals surface area contributed by atoms with Crippen molar-refractivity contribution in [3.8, 4) is 0 Å². The molecule has 1 aliphatic rings. The van der Waals surface area contributed by atoms with E-state index in [-0.39, 0.29) is 17.4 Å². The van der Waals surface area contributed by atoms with Gasteiger partial charge in [-0.15, -0.1) is 11.3 Å². The van der Waals surface area contributed by atoms with Gasteiger partial charge in [-0.25, -0.2) is 9.98 Å². The summed E-state index contributed by atoms with van der Waals surface area (Å²) < 4.78 is 6.62. The minimum atomic E-state index is -0.273. The number of hydrogen-bond donors (Lipinski definition) is 3. The lowest BCUT2D eigenvalue weighted by atomic mass is 9.96. The highest BCUT2D eigenvalue weighted by Gasteiger charge is 2.23. The number of nitrogens with two attached hydrogens (primary N) is 1. The Bertz CT molecular complexity index is 1090. The number of thiazole rings is 1. The van der Waals surface area contributed by atoms with Crippen LogP contribution in [0.5, 0.6) is 0 Å². The van der Waals surface area contributed by atoms with Crippen molar-refractivity contribution in [2.45, 2.75) is 26.3 Å². The number of aryl methyl sites for hydroxylation is 1. The van der Waals surface area contributed by atoms with E-state index in [1.807, 2.05) is 31.2 Å². The van der Waals surface area contributed by atoms with E-state index in [9.17, 15) is 4.79 Å². The van der Waals surface area contributed by atoms with Crippen LogP contribution in [0.15, 0.2) is 40.2 Å². The molecule has 1 aliphatic heterocycles. The fourth-order valence-electron chi connectivity index (χ4n) is 3.37. The molecule has 3 aromatic rings. The van der Waals surface area contributed by atoms with Crippen LogP contribution in [-0.2, 0) is 4.74 Å². The number of aliphatic imine (C=N–C) groups is 1. The molecule has 3 heterocycles. The smallest absolute Gasteiger partial charge is 0.261 e. The van der Waals surface area contributed by atoms with E-state index >= 15 is 0 Å². The van der Waals surface area contributed by atoms with E-state index in [0.29, 0.717) is 29.5 Å². The Labute approximate surface area is 166 Å². The van der Waals surface area contributed by atoms with Crippen molar-refractivity contribution in [2.24, 2.45) is 16.6 Å². The highest BCUT2D eigenvalue weighted by atomic mass is 32.1. The Morgan fingerprint density at radius 2 is 2.29 bits per heavy atom. The fraction of sp³-hybridized carbons (Fsp3) is 0.350. The van der Waals surface area contributed by atoms with Gasteiger partial charge in [-0.3, -0.25) is 4.79 Å². The lowest BCUT2D eigenvalue weighted by Gasteiger charge is -2.30. The number of amidine groups is 1. The van der Waals surface area contributed by atoms with Crippen LogP contribution in [0.2, 0.25) is 0 Å². The van der Waals surface area contributed by atoms with Crippen molar-refractivity contribution in [1.82, 2.24) is 9.97 Å². The largest absolute Gasteiger partial charge is 0.383 e. The van der Waals surface area contributed by atoms with Crippen molar-refractivity contribution in [1.29, 1.82) is 0 Å². The van der Waals surface area contributed by atoms with Gasteiger partial charge in [0, 0.05) is 12.8 Å². The second kappa shape index (κ2) is 7.73. The van der Waals surface area contributed by atoms with E-state index in [4.69, 9.17) is 10.5 Å². The molecule has 0 bridgehead atoms. The number of aromatic amines is 1. The number of anilines is 1. The molecule has 0 radical (unpaired) electrons. The topological polar surface area (TPSA) is 105 Å². The zero-order chi connectivity index (χ0) is 19.7. The SMILES string of the molecule is Cc1nc2ccc(N=C(N)c3c(NC4COCC[C@@H]4C)cc[nH]c3=O)cc2s1. The molecule has 7 nitrogen and oxygen atoms in total. The fourth-order valence-corrected chi connectivity index (χ4v) is 4.23. The van der Waals surface area contributed by atoms with Crippen LogP contribution >= 0.6 is 11.3 Å². The molecule has 4 N–H and O–H groups in total. The Morgan fingerprint density at radius 1 is 1.43 bits per heavy atom. The Balaban J connectivity index is 1.68. The van der Waals surface area contributed by atoms with E-state index < -0.39 is 0 Å². The predicted molar refractivity (Wildman–Crippen MR) is 114 cm³/mol. The summed E-state index contributed by atoms with van der Waals surface area (Å²) in [6.07, 6.45) is 2.59. The summed E-state index contributed by atoms with van der Waals surface area (Å²) in [4.78, 5) is 24.2. The van der Waals surface area contributed by atoms with Crippen molar-refractivity contribution < 1.29 is 4.74 Å². The maximum absolute atomic E-state index is 12.5. The molecule has 146 valence electrons. The monoisotopic (exact) mass is 397 g/mol. The van der Waals surface area contributed by atoms with Gasteiger partial charge in [0.1, 0.15) is 11.4 Å². The molecular formula is C20H23N5O2S. The second-order valence-corrected chi connectivity index (χ2v) is 8.30. The minimum absolute atomic E-state index is 0.124. The number of H-pyrrole nitrogens is 1. The molecule has 2 atom stereocenters. The van der Waals surface area contributed by atoms with Crippen LogP contribution in [-0.4, -0.2) is 35.1 Å². The van der Waals surface area contributed by atoms with Gasteiger partial charge < -0.3 is 20.8 Å². The summed E-state index contributed by atoms with van der Waals surface area (Å²) in [6, 6.07) is 7.65. The van der Waals surface area contributed by atoms with Gasteiger partial charge in [0.05, 0.1) is 39.2 Å². The summed E-state index contributed by atoms with van der Waals surface area (Å²) in [7, 11) is 0. The third kappa shape index (κ3) is 3.79. The van der Waals surface area contributed by atoms with Crippen LogP contribution in [0.4, 0.5) is 11.4 Å². The normalized spacial score (nSPS) is 20.4. The number of nitrogens with zero attached hydrogens (tertiary/aromatic N) is 2. The van der Waals surface area contributed by atoms with Gasteiger partial charge in [0.25, 0.3) is 5.56 Å². The molecule has 1 saturated heterocycles. The van der Waals surface area contributed by atoms with E-state index in [1.165, 1.54) is 0 Å². The van der Waals surface area contributed by atoms with Gasteiger partial charge in [-0.2, -0.15) is 0 Å². The summed E-state index contributed by atoms with van der Waals surface area (Å²) in [6.45, 7) is 5.52. The lowest BCUT2D eigenvalue weighted by Crippen LogP contribution is -2.38. The second-order valence-electron chi connectivity index (χ2n) is 7.07. The lowest BCUT2D eigenvalue weighted by molar-refractivity contribution is 0.0608. The molecule has 4 rings (SSSR count). The zero-order valence-electron chi connectivity index (χ0n) is 15.9. The molecule has 2 aromatic heterocycles. The van der Waals surface area contributed by atoms with Crippen LogP contribution in [0.3, 0.4) is 0 Å². The molecular weight excluding hydrogens is 374 g/mol. The molecule has 0 spiro atoms. The van der Waals surface area contributed by atoms with E-state index in [0.717, 1.165) is 28.3 Å². The predicted octanol–water partition coefficient (Wildman–Crippen LogP) is 3.17. The first kappa shape index (κ1) is 18.6. The van der Waals surface area contributed by atoms with Crippen molar-refractivity contribution in [3.05, 3.63) is 51.4 Å². The van der Waals surface area contributed by atoms with Gasteiger partial charge in [-0.05, 0) is 43.5 Å². The van der Waals surface area contributed by atoms with Crippen molar-refractivity contribution in [3.63, 3.8) is 0 Å². The summed E-state index contributed by atoms with van der Waals surface area (Å²) >= 11 is 1.60. The average molecular weight is 398 g/mol. The first-order chi connectivity index (χ1) is 13.5. The van der Waals surface area contributed by atoms with E-state index in [1.54, 1.807) is 17.5 Å². The molecule has 28 heavy (non-hydrogen) atoms. The van der Waals surface area contributed by atoms with Crippen LogP contribution in [0, 0.1) is 12.8 Å². The number of aromatic nitrogens is 2. The van der Waals surface area contributed by atoms with Crippen LogP contribution in [0.25, 0.3) is 10.2 Å². The average Bonchev–Trinajstić information content (AvgIpc) is 3.03. The number of hydrogen-bond acceptors (Lipinski definition) is 6. The molecule has 1 unspecified atom stereocenters. The maximum Gasteiger partial charge on any atom is 0.261 e. The summed E-state index contributed by atoms with van der Waals surface area (Å²) in [5.74, 6) is 0.616. The van der Waals surface area contributed by atoms with Gasteiger partial charge in [0.2, 0.25) is 0 Å². The maximum atomic E-state index is 12.5. The molecule has 8 heteroatoms. The van der Waals surface area contributed by atoms with Gasteiger partial charge in [0.15, 0.2) is 0 Å². The number of ether oxygens (including phenoxy) is 1. The minimum Gasteiger partial charge on any atom is -0.383 e. The van der Waals surface area contributed by atoms with Gasteiger partial charge in [-0.1, -0.05) is 6.92 Å². The Kier molecular flexibility index (Phi) is 5.15. The Hall–Kier alpha value is -2.71. The molecule has 0 saturated carbocycles. The Morgan fingerprint density at radius 3 is 3.11 bits per heavy atom. The number of pyridine rings is 1. The van der Waals surface area contributed by atoms with E-state index in [2.05, 4.69) is 27.2 Å². The number of nitrogens with one attached hydrogen (secondary N) is 2.